The zero-order chi connectivity index (χ0) is 8.53. The van der Waals surface area contributed by atoms with Gasteiger partial charge in [-0.15, -0.1) is 10.4 Å². The van der Waals surface area contributed by atoms with Crippen LogP contribution in [-0.4, -0.2) is 18.0 Å². The van der Waals surface area contributed by atoms with Crippen LogP contribution in [0.1, 0.15) is 19.3 Å². The van der Waals surface area contributed by atoms with Crippen LogP contribution in [0.4, 0.5) is 0 Å². The van der Waals surface area contributed by atoms with Gasteiger partial charge in [-0.2, -0.15) is 0 Å². The predicted octanol–water partition coefficient (Wildman–Crippen LogP) is 0.286. The van der Waals surface area contributed by atoms with Gasteiger partial charge in [0.05, 0.1) is 0 Å². The van der Waals surface area contributed by atoms with Crippen molar-refractivity contribution in [1.82, 2.24) is 5.48 Å². The molecule has 0 saturated heterocycles. The van der Waals surface area contributed by atoms with Gasteiger partial charge in [-0.3, -0.25) is 0 Å². The van der Waals surface area contributed by atoms with E-state index in [2.05, 4.69) is 10.1 Å². The van der Waals surface area contributed by atoms with Crippen LogP contribution in [0.2, 0.25) is 0 Å². The smallest absolute Gasteiger partial charge is 0.330 e. The summed E-state index contributed by atoms with van der Waals surface area (Å²) in [5.74, 6) is 0. The van der Waals surface area contributed by atoms with E-state index in [1.807, 2.05) is 0 Å². The molecule has 0 aliphatic rings. The van der Waals surface area contributed by atoms with E-state index in [9.17, 15) is 4.57 Å². The lowest BCUT2D eigenvalue weighted by Crippen LogP contribution is -2.12. The number of rotatable bonds is 7. The third-order valence-corrected chi connectivity index (χ3v) is 1.41. The Morgan fingerprint density at radius 1 is 1.45 bits per heavy atom. The number of unbranched alkanes of at least 4 members (excludes halogenated alkanes) is 2. The lowest BCUT2D eigenvalue weighted by molar-refractivity contribution is 0.180. The fraction of sp³-hybridized carbons (Fsp3) is 1.00. The maximum absolute atomic E-state index is 9.93. The van der Waals surface area contributed by atoms with E-state index < -0.39 is 8.25 Å². The molecule has 0 bridgehead atoms. The van der Waals surface area contributed by atoms with Crippen molar-refractivity contribution < 1.29 is 14.1 Å². The van der Waals surface area contributed by atoms with Gasteiger partial charge in [0, 0.05) is 11.1 Å². The molecule has 5 nitrogen and oxygen atoms in total. The number of hydrogen-bond acceptors (Lipinski definition) is 4. The van der Waals surface area contributed by atoms with E-state index in [-0.39, 0.29) is 0 Å². The fourth-order valence-corrected chi connectivity index (χ4v) is 0.821. The van der Waals surface area contributed by atoms with Crippen LogP contribution in [0.25, 0.3) is 0 Å². The number of hydroxylamine groups is 1. The van der Waals surface area contributed by atoms with Crippen LogP contribution in [0, 0.1) is 0 Å². The zero-order valence-electron chi connectivity index (χ0n) is 6.32. The summed E-state index contributed by atoms with van der Waals surface area (Å²) in [5, 5.41) is 0. The molecule has 1 atom stereocenters. The largest absolute Gasteiger partial charge is 0.713 e. The van der Waals surface area contributed by atoms with Gasteiger partial charge in [0.1, 0.15) is 0 Å². The minimum Gasteiger partial charge on any atom is -0.330 e. The molecule has 11 heavy (non-hydrogen) atoms. The molecule has 0 saturated carbocycles. The van der Waals surface area contributed by atoms with Crippen LogP contribution in [0.5, 0.6) is 0 Å². The quantitative estimate of drug-likeness (QED) is 0.298. The van der Waals surface area contributed by atoms with Gasteiger partial charge in [-0.25, -0.2) is 0 Å². The van der Waals surface area contributed by atoms with Crippen LogP contribution < -0.4 is 11.2 Å². The van der Waals surface area contributed by atoms with Gasteiger partial charge in [0.25, 0.3) is 0 Å². The average Bonchev–Trinajstić information content (AvgIpc) is 1.96. The summed E-state index contributed by atoms with van der Waals surface area (Å²) < 4.78 is 14.1. The van der Waals surface area contributed by atoms with Crippen LogP contribution >= 0.6 is 8.25 Å². The van der Waals surface area contributed by atoms with Gasteiger partial charge in [0.15, 0.2) is 0 Å². The number of nitrogens with one attached hydrogen (secondary N) is 1. The second-order valence-electron chi connectivity index (χ2n) is 2.07. The van der Waals surface area contributed by atoms with E-state index in [4.69, 9.17) is 10.6 Å². The highest BCUT2D eigenvalue weighted by Crippen LogP contribution is 2.10. The normalized spacial score (nSPS) is 11.6. The molecule has 6 heteroatoms. The summed E-state index contributed by atoms with van der Waals surface area (Å²) in [5.41, 5.74) is 7.62. The standard InChI is InChI=1S/C5H13N2O3P/c6-4-2-1-3-5-7-10-11(8)9/h7H,1-6H2/p+1. The Morgan fingerprint density at radius 2 is 2.18 bits per heavy atom. The molecule has 0 aliphatic carbocycles. The Balaban J connectivity index is 2.85. The zero-order valence-corrected chi connectivity index (χ0v) is 7.22. The van der Waals surface area contributed by atoms with Gasteiger partial charge < -0.3 is 5.73 Å². The Morgan fingerprint density at radius 3 is 2.73 bits per heavy atom. The average molecular weight is 181 g/mol. The maximum Gasteiger partial charge on any atom is 0.713 e. The highest BCUT2D eigenvalue weighted by Gasteiger charge is 2.10. The van der Waals surface area contributed by atoms with Crippen molar-refractivity contribution in [2.45, 2.75) is 19.3 Å². The second-order valence-corrected chi connectivity index (χ2v) is 2.73. The summed E-state index contributed by atoms with van der Waals surface area (Å²) in [7, 11) is -2.51. The van der Waals surface area contributed by atoms with Gasteiger partial charge in [-0.05, 0) is 24.0 Å². The molecule has 1 unspecified atom stereocenters. The minimum absolute atomic E-state index is 0.585. The Kier molecular flexibility index (Phi) is 8.00. The summed E-state index contributed by atoms with van der Waals surface area (Å²) in [6.07, 6.45) is 2.89. The first-order valence-corrected chi connectivity index (χ1v) is 4.66. The molecule has 0 fully saturated rings. The first kappa shape index (κ1) is 10.9. The molecule has 0 aliphatic heterocycles. The lowest BCUT2D eigenvalue weighted by Gasteiger charge is -1.95. The van der Waals surface area contributed by atoms with Crippen molar-refractivity contribution in [2.24, 2.45) is 5.73 Å². The van der Waals surface area contributed by atoms with Crippen molar-refractivity contribution in [3.8, 4) is 0 Å². The summed E-state index contributed by atoms with van der Waals surface area (Å²) in [6, 6.07) is 0. The van der Waals surface area contributed by atoms with E-state index in [1.54, 1.807) is 0 Å². The molecule has 0 amide bonds. The molecule has 0 heterocycles. The summed E-state index contributed by atoms with van der Waals surface area (Å²) >= 11 is 0. The van der Waals surface area contributed by atoms with Gasteiger partial charge in [0.2, 0.25) is 0 Å². The van der Waals surface area contributed by atoms with E-state index in [0.717, 1.165) is 19.3 Å². The highest BCUT2D eigenvalue weighted by atomic mass is 31.1. The predicted molar refractivity (Wildman–Crippen MR) is 41.8 cm³/mol. The van der Waals surface area contributed by atoms with E-state index >= 15 is 0 Å². The molecule has 0 radical (unpaired) electrons. The minimum atomic E-state index is -2.51. The fourth-order valence-electron chi connectivity index (χ4n) is 0.619. The van der Waals surface area contributed by atoms with Crippen LogP contribution in [0.3, 0.4) is 0 Å². The molecule has 0 aromatic heterocycles. The molecule has 0 spiro atoms. The van der Waals surface area contributed by atoms with Crippen molar-refractivity contribution in [3.63, 3.8) is 0 Å². The van der Waals surface area contributed by atoms with E-state index in [0.29, 0.717) is 13.1 Å². The molecule has 0 aromatic carbocycles. The van der Waals surface area contributed by atoms with Crippen molar-refractivity contribution in [2.75, 3.05) is 13.1 Å². The molecule has 66 valence electrons. The van der Waals surface area contributed by atoms with Gasteiger partial charge >= 0.3 is 8.25 Å². The monoisotopic (exact) mass is 181 g/mol. The SMILES string of the molecule is NCCCCCNO[P+](=O)O. The topological polar surface area (TPSA) is 84.6 Å². The third kappa shape index (κ3) is 9.94. The molecular weight excluding hydrogens is 167 g/mol. The van der Waals surface area contributed by atoms with Crippen LogP contribution in [-0.2, 0) is 9.19 Å². The third-order valence-electron chi connectivity index (χ3n) is 1.13. The Labute approximate surface area is 66.8 Å². The lowest BCUT2D eigenvalue weighted by atomic mass is 10.2. The Hall–Kier alpha value is -0.0600. The maximum atomic E-state index is 9.93. The molecule has 4 N–H and O–H groups in total. The van der Waals surface area contributed by atoms with Crippen LogP contribution in [0.15, 0.2) is 0 Å². The second kappa shape index (κ2) is 8.04. The Bertz CT molecular complexity index is 112. The van der Waals surface area contributed by atoms with Crippen molar-refractivity contribution >= 4 is 8.25 Å². The van der Waals surface area contributed by atoms with Crippen molar-refractivity contribution in [3.05, 3.63) is 0 Å². The first-order chi connectivity index (χ1) is 5.27. The van der Waals surface area contributed by atoms with Crippen molar-refractivity contribution in [1.29, 1.82) is 0 Å². The highest BCUT2D eigenvalue weighted by molar-refractivity contribution is 7.32. The van der Waals surface area contributed by atoms with Gasteiger partial charge in [-0.1, -0.05) is 6.42 Å². The first-order valence-electron chi connectivity index (χ1n) is 3.53. The molecular formula is C5H14N2O3P+. The number of nitrogens with two attached hydrogens (primary N) is 1. The molecule has 0 rings (SSSR count). The van der Waals surface area contributed by atoms with E-state index in [1.165, 1.54) is 0 Å². The number of hydrogen-bond donors (Lipinski definition) is 3. The molecule has 0 aromatic rings. The summed E-state index contributed by atoms with van der Waals surface area (Å²) in [6.45, 7) is 1.27. The summed E-state index contributed by atoms with van der Waals surface area (Å²) in [4.78, 5) is 8.16.